The Morgan fingerprint density at radius 3 is 2.58 bits per heavy atom. The zero-order chi connectivity index (χ0) is 13.8. The molecule has 0 aliphatic rings. The number of nitrogen functional groups attached to an aromatic ring is 1. The molecule has 0 bridgehead atoms. The molecule has 19 heavy (non-hydrogen) atoms. The predicted molar refractivity (Wildman–Crippen MR) is 81.0 cm³/mol. The van der Waals surface area contributed by atoms with Crippen LogP contribution in [0.25, 0.3) is 0 Å². The molecule has 2 aromatic rings. The van der Waals surface area contributed by atoms with Crippen LogP contribution in [0.5, 0.6) is 5.75 Å². The molecule has 0 aliphatic heterocycles. The van der Waals surface area contributed by atoms with Crippen molar-refractivity contribution in [2.75, 3.05) is 24.7 Å². The summed E-state index contributed by atoms with van der Waals surface area (Å²) in [6.45, 7) is 0.404. The molecule has 0 aliphatic carbocycles. The van der Waals surface area contributed by atoms with Crippen LogP contribution in [0.2, 0.25) is 5.02 Å². The Morgan fingerprint density at radius 1 is 1.16 bits per heavy atom. The number of anilines is 2. The predicted octanol–water partition coefficient (Wildman–Crippen LogP) is 3.57. The summed E-state index contributed by atoms with van der Waals surface area (Å²) in [6.07, 6.45) is 0. The standard InChI is InChI=1S/C15H17ClN2O/c1-18(2)12-7-8-14(17)15(9-12)19-10-11-5-3-4-6-13(11)16/h3-9H,10,17H2,1-2H3. The van der Waals surface area contributed by atoms with Crippen LogP contribution in [0.1, 0.15) is 5.56 Å². The van der Waals surface area contributed by atoms with Crippen molar-refractivity contribution in [3.63, 3.8) is 0 Å². The van der Waals surface area contributed by atoms with Crippen molar-refractivity contribution < 1.29 is 4.74 Å². The second kappa shape index (κ2) is 5.85. The molecule has 0 fully saturated rings. The van der Waals surface area contributed by atoms with E-state index >= 15 is 0 Å². The highest BCUT2D eigenvalue weighted by Crippen LogP contribution is 2.28. The van der Waals surface area contributed by atoms with E-state index in [0.717, 1.165) is 11.3 Å². The minimum Gasteiger partial charge on any atom is -0.487 e. The van der Waals surface area contributed by atoms with Crippen LogP contribution >= 0.6 is 11.6 Å². The van der Waals surface area contributed by atoms with Crippen molar-refractivity contribution in [2.24, 2.45) is 0 Å². The fourth-order valence-electron chi connectivity index (χ4n) is 1.70. The van der Waals surface area contributed by atoms with E-state index in [9.17, 15) is 0 Å². The molecule has 0 heterocycles. The van der Waals surface area contributed by atoms with Crippen LogP contribution in [0.15, 0.2) is 42.5 Å². The molecule has 0 radical (unpaired) electrons. The maximum Gasteiger partial charge on any atom is 0.144 e. The summed E-state index contributed by atoms with van der Waals surface area (Å²) in [5.41, 5.74) is 8.53. The first-order valence-electron chi connectivity index (χ1n) is 6.01. The molecule has 0 spiro atoms. The molecule has 0 amide bonds. The van der Waals surface area contributed by atoms with E-state index in [0.29, 0.717) is 23.1 Å². The third-order valence-corrected chi connectivity index (χ3v) is 3.22. The second-order valence-corrected chi connectivity index (χ2v) is 4.90. The fraction of sp³-hybridized carbons (Fsp3) is 0.200. The highest BCUT2D eigenvalue weighted by Gasteiger charge is 2.05. The lowest BCUT2D eigenvalue weighted by Crippen LogP contribution is -2.09. The SMILES string of the molecule is CN(C)c1ccc(N)c(OCc2ccccc2Cl)c1. The quantitative estimate of drug-likeness (QED) is 0.868. The van der Waals surface area contributed by atoms with Gasteiger partial charge in [0.05, 0.1) is 5.69 Å². The number of halogens is 1. The van der Waals surface area contributed by atoms with Crippen molar-refractivity contribution in [1.82, 2.24) is 0 Å². The summed E-state index contributed by atoms with van der Waals surface area (Å²) in [5, 5.41) is 0.699. The number of nitrogens with two attached hydrogens (primary N) is 1. The summed E-state index contributed by atoms with van der Waals surface area (Å²) in [6, 6.07) is 13.3. The van der Waals surface area contributed by atoms with Gasteiger partial charge in [0.2, 0.25) is 0 Å². The number of benzene rings is 2. The van der Waals surface area contributed by atoms with E-state index in [2.05, 4.69) is 0 Å². The maximum atomic E-state index is 6.09. The summed E-state index contributed by atoms with van der Waals surface area (Å²) >= 11 is 6.09. The Labute approximate surface area is 118 Å². The Bertz CT molecular complexity index is 570. The number of ether oxygens (including phenoxy) is 1. The van der Waals surface area contributed by atoms with Crippen molar-refractivity contribution in [1.29, 1.82) is 0 Å². The fourth-order valence-corrected chi connectivity index (χ4v) is 1.89. The molecule has 2 rings (SSSR count). The Hall–Kier alpha value is -1.87. The highest BCUT2D eigenvalue weighted by molar-refractivity contribution is 6.31. The van der Waals surface area contributed by atoms with Crippen LogP contribution in [0.4, 0.5) is 11.4 Å². The van der Waals surface area contributed by atoms with Crippen LogP contribution in [0, 0.1) is 0 Å². The van der Waals surface area contributed by atoms with Gasteiger partial charge >= 0.3 is 0 Å². The van der Waals surface area contributed by atoms with Gasteiger partial charge < -0.3 is 15.4 Å². The average Bonchev–Trinajstić information content (AvgIpc) is 2.39. The van der Waals surface area contributed by atoms with Gasteiger partial charge in [-0.15, -0.1) is 0 Å². The Balaban J connectivity index is 2.15. The normalized spacial score (nSPS) is 10.3. The zero-order valence-corrected chi connectivity index (χ0v) is 11.8. The molecule has 0 saturated heterocycles. The van der Waals surface area contributed by atoms with Crippen LogP contribution in [-0.2, 0) is 6.61 Å². The number of hydrogen-bond acceptors (Lipinski definition) is 3. The molecule has 0 atom stereocenters. The van der Waals surface area contributed by atoms with Gasteiger partial charge in [-0.05, 0) is 18.2 Å². The van der Waals surface area contributed by atoms with Gasteiger partial charge in [-0.25, -0.2) is 0 Å². The minimum absolute atomic E-state index is 0.404. The highest BCUT2D eigenvalue weighted by atomic mass is 35.5. The molecule has 3 nitrogen and oxygen atoms in total. The summed E-state index contributed by atoms with van der Waals surface area (Å²) in [5.74, 6) is 0.672. The van der Waals surface area contributed by atoms with Gasteiger partial charge in [-0.1, -0.05) is 29.8 Å². The monoisotopic (exact) mass is 276 g/mol. The molecule has 4 heteroatoms. The lowest BCUT2D eigenvalue weighted by molar-refractivity contribution is 0.308. The summed E-state index contributed by atoms with van der Waals surface area (Å²) < 4.78 is 5.76. The first-order chi connectivity index (χ1) is 9.08. The van der Waals surface area contributed by atoms with E-state index in [1.165, 1.54) is 0 Å². The van der Waals surface area contributed by atoms with E-state index in [1.807, 2.05) is 61.5 Å². The van der Waals surface area contributed by atoms with E-state index in [4.69, 9.17) is 22.1 Å². The van der Waals surface area contributed by atoms with E-state index in [-0.39, 0.29) is 0 Å². The smallest absolute Gasteiger partial charge is 0.144 e. The number of nitrogens with zero attached hydrogens (tertiary/aromatic N) is 1. The summed E-state index contributed by atoms with van der Waals surface area (Å²) in [4.78, 5) is 2.00. The lowest BCUT2D eigenvalue weighted by atomic mass is 10.2. The van der Waals surface area contributed by atoms with Gasteiger partial charge in [-0.3, -0.25) is 0 Å². The number of rotatable bonds is 4. The van der Waals surface area contributed by atoms with Gasteiger partial charge in [0.15, 0.2) is 0 Å². The third-order valence-electron chi connectivity index (χ3n) is 2.85. The Morgan fingerprint density at radius 2 is 1.89 bits per heavy atom. The topological polar surface area (TPSA) is 38.5 Å². The maximum absolute atomic E-state index is 6.09. The molecule has 0 unspecified atom stereocenters. The van der Waals surface area contributed by atoms with Crippen molar-refractivity contribution in [2.45, 2.75) is 6.61 Å². The second-order valence-electron chi connectivity index (χ2n) is 4.50. The molecule has 100 valence electrons. The van der Waals surface area contributed by atoms with Gasteiger partial charge in [0.1, 0.15) is 12.4 Å². The molecule has 0 aromatic heterocycles. The molecule has 2 N–H and O–H groups in total. The molecular weight excluding hydrogens is 260 g/mol. The van der Waals surface area contributed by atoms with Gasteiger partial charge in [0.25, 0.3) is 0 Å². The molecule has 2 aromatic carbocycles. The lowest BCUT2D eigenvalue weighted by Gasteiger charge is -2.16. The Kier molecular flexibility index (Phi) is 4.17. The number of hydrogen-bond donors (Lipinski definition) is 1. The first-order valence-corrected chi connectivity index (χ1v) is 6.39. The minimum atomic E-state index is 0.404. The summed E-state index contributed by atoms with van der Waals surface area (Å²) in [7, 11) is 3.95. The van der Waals surface area contributed by atoms with Gasteiger partial charge in [-0.2, -0.15) is 0 Å². The van der Waals surface area contributed by atoms with Crippen molar-refractivity contribution in [3.05, 3.63) is 53.1 Å². The van der Waals surface area contributed by atoms with Gasteiger partial charge in [0, 0.05) is 36.4 Å². The van der Waals surface area contributed by atoms with Crippen LogP contribution in [0.3, 0.4) is 0 Å². The zero-order valence-electron chi connectivity index (χ0n) is 11.1. The van der Waals surface area contributed by atoms with E-state index in [1.54, 1.807) is 0 Å². The molecule has 0 saturated carbocycles. The average molecular weight is 277 g/mol. The third kappa shape index (κ3) is 3.32. The largest absolute Gasteiger partial charge is 0.487 e. The molecular formula is C15H17ClN2O. The van der Waals surface area contributed by atoms with E-state index < -0.39 is 0 Å². The van der Waals surface area contributed by atoms with Crippen molar-refractivity contribution in [3.8, 4) is 5.75 Å². The van der Waals surface area contributed by atoms with Crippen LogP contribution in [-0.4, -0.2) is 14.1 Å². The first kappa shape index (κ1) is 13.6. The van der Waals surface area contributed by atoms with Crippen molar-refractivity contribution >= 4 is 23.0 Å². The van der Waals surface area contributed by atoms with Crippen LogP contribution < -0.4 is 15.4 Å².